The zero-order valence-corrected chi connectivity index (χ0v) is 15.9. The third kappa shape index (κ3) is 3.32. The molecule has 2 aromatic carbocycles. The van der Waals surface area contributed by atoms with Gasteiger partial charge in [0.25, 0.3) is 0 Å². The first-order valence-corrected chi connectivity index (χ1v) is 9.20. The lowest BCUT2D eigenvalue weighted by molar-refractivity contribution is 0.769. The molecule has 26 heavy (non-hydrogen) atoms. The van der Waals surface area contributed by atoms with Gasteiger partial charge in [-0.25, -0.2) is 14.6 Å². The summed E-state index contributed by atoms with van der Waals surface area (Å²) >= 11 is 3.53. The van der Waals surface area contributed by atoms with Crippen LogP contribution in [0.1, 0.15) is 17.2 Å². The van der Waals surface area contributed by atoms with Crippen LogP contribution in [0.25, 0.3) is 11.0 Å². The molecule has 1 unspecified atom stereocenters. The average molecular weight is 408 g/mol. The molecule has 0 aliphatic carbocycles. The van der Waals surface area contributed by atoms with E-state index in [-0.39, 0.29) is 6.04 Å². The topological polar surface area (TPSA) is 55.6 Å². The van der Waals surface area contributed by atoms with Gasteiger partial charge in [-0.2, -0.15) is 5.10 Å². The van der Waals surface area contributed by atoms with E-state index in [9.17, 15) is 0 Å². The van der Waals surface area contributed by atoms with E-state index in [1.165, 1.54) is 11.1 Å². The lowest BCUT2D eigenvalue weighted by Gasteiger charge is -2.20. The van der Waals surface area contributed by atoms with E-state index in [0.717, 1.165) is 27.9 Å². The summed E-state index contributed by atoms with van der Waals surface area (Å²) in [7, 11) is 1.88. The summed E-state index contributed by atoms with van der Waals surface area (Å²) < 4.78 is 2.49. The maximum absolute atomic E-state index is 4.48. The highest BCUT2D eigenvalue weighted by Crippen LogP contribution is 2.30. The normalized spacial score (nSPS) is 12.2. The zero-order valence-electron chi connectivity index (χ0n) is 14.3. The van der Waals surface area contributed by atoms with Crippen LogP contribution >= 0.6 is 15.9 Å². The van der Waals surface area contributed by atoms with E-state index in [2.05, 4.69) is 84.8 Å². The Morgan fingerprint density at radius 2 is 1.69 bits per heavy atom. The number of hydrogen-bond acceptors (Lipinski definition) is 4. The van der Waals surface area contributed by atoms with Crippen molar-refractivity contribution in [3.05, 3.63) is 82.7 Å². The molecule has 130 valence electrons. The molecule has 6 heteroatoms. The standard InChI is InChI=1S/C20H18BrN5/c1-26-20-17(18(21)25-26)19(22-13-23-20)24-16(15-10-6-3-7-11-15)12-14-8-4-2-5-9-14/h2-11,13,16H,12H2,1H3,(H,22,23,24). The molecule has 0 bridgehead atoms. The fraction of sp³-hybridized carbons (Fsp3) is 0.150. The van der Waals surface area contributed by atoms with Gasteiger partial charge >= 0.3 is 0 Å². The molecule has 0 spiro atoms. The SMILES string of the molecule is Cn1nc(Br)c2c(NC(Cc3ccccc3)c3ccccc3)ncnc21. The first kappa shape index (κ1) is 16.7. The fourth-order valence-electron chi connectivity index (χ4n) is 3.10. The predicted molar refractivity (Wildman–Crippen MR) is 107 cm³/mol. The van der Waals surface area contributed by atoms with Crippen LogP contribution in [0.5, 0.6) is 0 Å². The molecule has 0 radical (unpaired) electrons. The molecule has 2 aromatic heterocycles. The van der Waals surface area contributed by atoms with Crippen molar-refractivity contribution in [2.75, 3.05) is 5.32 Å². The van der Waals surface area contributed by atoms with Crippen LogP contribution in [0.4, 0.5) is 5.82 Å². The van der Waals surface area contributed by atoms with Crippen LogP contribution in [0, 0.1) is 0 Å². The summed E-state index contributed by atoms with van der Waals surface area (Å²) in [6.07, 6.45) is 2.43. The van der Waals surface area contributed by atoms with Crippen molar-refractivity contribution < 1.29 is 0 Å². The highest BCUT2D eigenvalue weighted by Gasteiger charge is 2.18. The lowest BCUT2D eigenvalue weighted by Crippen LogP contribution is -2.15. The Hall–Kier alpha value is -2.73. The van der Waals surface area contributed by atoms with Crippen molar-refractivity contribution in [1.29, 1.82) is 0 Å². The Morgan fingerprint density at radius 3 is 2.42 bits per heavy atom. The molecule has 5 nitrogen and oxygen atoms in total. The quantitative estimate of drug-likeness (QED) is 0.528. The predicted octanol–water partition coefficient (Wildman–Crippen LogP) is 4.52. The third-order valence-electron chi connectivity index (χ3n) is 4.37. The number of rotatable bonds is 5. The van der Waals surface area contributed by atoms with E-state index >= 15 is 0 Å². The van der Waals surface area contributed by atoms with Crippen LogP contribution < -0.4 is 5.32 Å². The molecule has 0 aliphatic rings. The smallest absolute Gasteiger partial charge is 0.164 e. The molecular formula is C20H18BrN5. The van der Waals surface area contributed by atoms with Crippen LogP contribution in [0.2, 0.25) is 0 Å². The Balaban J connectivity index is 1.74. The van der Waals surface area contributed by atoms with Gasteiger partial charge < -0.3 is 5.32 Å². The van der Waals surface area contributed by atoms with Gasteiger partial charge in [0.1, 0.15) is 16.7 Å². The summed E-state index contributed by atoms with van der Waals surface area (Å²) in [6, 6.07) is 21.0. The molecule has 0 fully saturated rings. The number of benzene rings is 2. The van der Waals surface area contributed by atoms with E-state index in [1.807, 2.05) is 19.2 Å². The number of nitrogens with one attached hydrogen (secondary N) is 1. The molecule has 2 heterocycles. The highest BCUT2D eigenvalue weighted by molar-refractivity contribution is 9.10. The van der Waals surface area contributed by atoms with E-state index in [4.69, 9.17) is 0 Å². The minimum atomic E-state index is 0.0869. The Bertz CT molecular complexity index is 1010. The van der Waals surface area contributed by atoms with E-state index in [0.29, 0.717) is 0 Å². The minimum Gasteiger partial charge on any atom is -0.362 e. The van der Waals surface area contributed by atoms with Gasteiger partial charge in [-0.15, -0.1) is 0 Å². The molecule has 0 saturated heterocycles. The van der Waals surface area contributed by atoms with Crippen molar-refractivity contribution in [2.45, 2.75) is 12.5 Å². The van der Waals surface area contributed by atoms with Gasteiger partial charge in [0.05, 0.1) is 11.4 Å². The second-order valence-corrected chi connectivity index (χ2v) is 6.88. The highest BCUT2D eigenvalue weighted by atomic mass is 79.9. The average Bonchev–Trinajstić information content (AvgIpc) is 2.98. The molecule has 0 amide bonds. The lowest BCUT2D eigenvalue weighted by atomic mass is 9.99. The maximum Gasteiger partial charge on any atom is 0.164 e. The number of aryl methyl sites for hydroxylation is 1. The molecular weight excluding hydrogens is 390 g/mol. The van der Waals surface area contributed by atoms with Gasteiger partial charge in [-0.1, -0.05) is 60.7 Å². The molecule has 0 aliphatic heterocycles. The van der Waals surface area contributed by atoms with Gasteiger partial charge in [-0.05, 0) is 33.5 Å². The van der Waals surface area contributed by atoms with Crippen molar-refractivity contribution >= 4 is 32.8 Å². The molecule has 4 rings (SSSR count). The van der Waals surface area contributed by atoms with Crippen molar-refractivity contribution in [1.82, 2.24) is 19.7 Å². The molecule has 4 aromatic rings. The van der Waals surface area contributed by atoms with Crippen molar-refractivity contribution in [3.8, 4) is 0 Å². The summed E-state index contributed by atoms with van der Waals surface area (Å²) in [4.78, 5) is 8.83. The molecule has 1 atom stereocenters. The van der Waals surface area contributed by atoms with Crippen molar-refractivity contribution in [3.63, 3.8) is 0 Å². The monoisotopic (exact) mass is 407 g/mol. The summed E-state index contributed by atoms with van der Waals surface area (Å²) in [6.45, 7) is 0. The maximum atomic E-state index is 4.48. The Labute approximate surface area is 160 Å². The minimum absolute atomic E-state index is 0.0869. The van der Waals surface area contributed by atoms with Crippen LogP contribution in [0.15, 0.2) is 71.6 Å². The zero-order chi connectivity index (χ0) is 17.9. The number of hydrogen-bond donors (Lipinski definition) is 1. The number of nitrogens with zero attached hydrogens (tertiary/aromatic N) is 4. The summed E-state index contributed by atoms with van der Waals surface area (Å²) in [5, 5.41) is 8.90. The first-order chi connectivity index (χ1) is 12.7. The van der Waals surface area contributed by atoms with Crippen LogP contribution in [-0.4, -0.2) is 19.7 Å². The Morgan fingerprint density at radius 1 is 1.00 bits per heavy atom. The number of fused-ring (bicyclic) bond motifs is 1. The van der Waals surface area contributed by atoms with Gasteiger partial charge in [0, 0.05) is 7.05 Å². The summed E-state index contributed by atoms with van der Waals surface area (Å²) in [5.74, 6) is 0.778. The molecule has 1 N–H and O–H groups in total. The number of halogens is 1. The van der Waals surface area contributed by atoms with Gasteiger partial charge in [0.2, 0.25) is 0 Å². The molecule has 0 saturated carbocycles. The number of anilines is 1. The second-order valence-electron chi connectivity index (χ2n) is 6.13. The largest absolute Gasteiger partial charge is 0.362 e. The second kappa shape index (κ2) is 7.25. The summed E-state index contributed by atoms with van der Waals surface area (Å²) in [5.41, 5.74) is 3.27. The van der Waals surface area contributed by atoms with Crippen LogP contribution in [-0.2, 0) is 13.5 Å². The van der Waals surface area contributed by atoms with Gasteiger partial charge in [0.15, 0.2) is 5.65 Å². The first-order valence-electron chi connectivity index (χ1n) is 8.41. The number of aromatic nitrogens is 4. The Kier molecular flexibility index (Phi) is 4.67. The third-order valence-corrected chi connectivity index (χ3v) is 4.93. The fourth-order valence-corrected chi connectivity index (χ4v) is 3.71. The van der Waals surface area contributed by atoms with Crippen LogP contribution in [0.3, 0.4) is 0 Å². The van der Waals surface area contributed by atoms with Crippen molar-refractivity contribution in [2.24, 2.45) is 7.05 Å². The van der Waals surface area contributed by atoms with E-state index < -0.39 is 0 Å². The van der Waals surface area contributed by atoms with Gasteiger partial charge in [-0.3, -0.25) is 0 Å². The van der Waals surface area contributed by atoms with E-state index in [1.54, 1.807) is 11.0 Å².